The Kier molecular flexibility index (Phi) is 2.91. The third-order valence-electron chi connectivity index (χ3n) is 3.16. The zero-order valence-electron chi connectivity index (χ0n) is 9.69. The zero-order valence-corrected chi connectivity index (χ0v) is 10.4. The highest BCUT2D eigenvalue weighted by molar-refractivity contribution is 6.31. The van der Waals surface area contributed by atoms with Crippen molar-refractivity contribution in [3.63, 3.8) is 0 Å². The van der Waals surface area contributed by atoms with E-state index in [1.54, 1.807) is 6.07 Å². The van der Waals surface area contributed by atoms with Crippen molar-refractivity contribution in [1.29, 1.82) is 0 Å². The fraction of sp³-hybridized carbons (Fsp3) is 0.333. The third kappa shape index (κ3) is 2.06. The van der Waals surface area contributed by atoms with Gasteiger partial charge in [-0.15, -0.1) is 0 Å². The largest absolute Gasteiger partial charge is 0.479 e. The predicted octanol–water partition coefficient (Wildman–Crippen LogP) is 2.66. The van der Waals surface area contributed by atoms with E-state index < -0.39 is 24.0 Å². The molecule has 2 N–H and O–H groups in total. The summed E-state index contributed by atoms with van der Waals surface area (Å²) in [6, 6.07) is 3.07. The van der Waals surface area contributed by atoms with Crippen molar-refractivity contribution in [3.05, 3.63) is 28.8 Å². The molecule has 3 rings (SSSR count). The Balaban J connectivity index is 1.94. The molecule has 2 aromatic rings. The Labute approximate surface area is 112 Å². The van der Waals surface area contributed by atoms with E-state index >= 15 is 0 Å². The summed E-state index contributed by atoms with van der Waals surface area (Å²) >= 11 is 5.68. The van der Waals surface area contributed by atoms with E-state index in [4.69, 9.17) is 21.4 Å². The van der Waals surface area contributed by atoms with Gasteiger partial charge in [0.1, 0.15) is 17.4 Å². The van der Waals surface area contributed by atoms with Gasteiger partial charge in [0.05, 0.1) is 10.5 Å². The summed E-state index contributed by atoms with van der Waals surface area (Å²) in [6.07, 6.45) is -0.329. The van der Waals surface area contributed by atoms with Gasteiger partial charge in [-0.05, 0) is 25.0 Å². The number of carboxylic acid groups (broad SMARTS) is 1. The van der Waals surface area contributed by atoms with Crippen LogP contribution in [0.5, 0.6) is 0 Å². The number of rotatable bonds is 2. The first-order chi connectivity index (χ1) is 9.06. The fourth-order valence-corrected chi connectivity index (χ4v) is 2.36. The standard InChI is InChI=1S/C12H10ClFN2O3/c13-5-1-2-6-10(9(5)14)16-11(15-6)7-3-4-8(19-7)12(17)18/h1-2,7-8H,3-4H2,(H,15,16)(H,17,18). The maximum Gasteiger partial charge on any atom is 0.332 e. The predicted molar refractivity (Wildman–Crippen MR) is 65.5 cm³/mol. The van der Waals surface area contributed by atoms with Crippen LogP contribution in [0.2, 0.25) is 5.02 Å². The van der Waals surface area contributed by atoms with Crippen molar-refractivity contribution < 1.29 is 19.0 Å². The molecule has 0 saturated carbocycles. The number of fused-ring (bicyclic) bond motifs is 1. The first-order valence-corrected chi connectivity index (χ1v) is 6.16. The molecule has 0 bridgehead atoms. The lowest BCUT2D eigenvalue weighted by Crippen LogP contribution is -2.18. The van der Waals surface area contributed by atoms with Crippen LogP contribution in [0.25, 0.3) is 11.0 Å². The van der Waals surface area contributed by atoms with Crippen LogP contribution in [0.15, 0.2) is 12.1 Å². The van der Waals surface area contributed by atoms with Crippen LogP contribution in [-0.4, -0.2) is 27.1 Å². The highest BCUT2D eigenvalue weighted by Crippen LogP contribution is 2.33. The minimum atomic E-state index is -0.993. The second kappa shape index (κ2) is 4.47. The van der Waals surface area contributed by atoms with Crippen molar-refractivity contribution in [3.8, 4) is 0 Å². The maximum absolute atomic E-state index is 13.8. The minimum Gasteiger partial charge on any atom is -0.479 e. The molecule has 0 amide bonds. The number of imidazole rings is 1. The average molecular weight is 285 g/mol. The van der Waals surface area contributed by atoms with E-state index in [-0.39, 0.29) is 10.5 Å². The number of carbonyl (C=O) groups is 1. The number of halogens is 2. The zero-order chi connectivity index (χ0) is 13.6. The maximum atomic E-state index is 13.8. The summed E-state index contributed by atoms with van der Waals surface area (Å²) in [6.45, 7) is 0. The second-order valence-corrected chi connectivity index (χ2v) is 4.82. The van der Waals surface area contributed by atoms with E-state index in [1.807, 2.05) is 0 Å². The molecule has 7 heteroatoms. The van der Waals surface area contributed by atoms with Crippen LogP contribution < -0.4 is 0 Å². The molecule has 0 spiro atoms. The van der Waals surface area contributed by atoms with E-state index in [1.165, 1.54) is 6.07 Å². The molecule has 1 saturated heterocycles. The summed E-state index contributed by atoms with van der Waals surface area (Å²) in [4.78, 5) is 17.9. The van der Waals surface area contributed by atoms with Gasteiger partial charge in [0.15, 0.2) is 11.9 Å². The van der Waals surface area contributed by atoms with E-state index in [0.717, 1.165) is 0 Å². The molecule has 1 aromatic heterocycles. The van der Waals surface area contributed by atoms with E-state index in [9.17, 15) is 9.18 Å². The molecule has 0 aliphatic carbocycles. The van der Waals surface area contributed by atoms with Gasteiger partial charge in [0.25, 0.3) is 0 Å². The van der Waals surface area contributed by atoms with Gasteiger partial charge in [0.2, 0.25) is 0 Å². The van der Waals surface area contributed by atoms with Gasteiger partial charge in [-0.1, -0.05) is 11.6 Å². The Hall–Kier alpha value is -1.66. The van der Waals surface area contributed by atoms with Gasteiger partial charge in [-0.2, -0.15) is 0 Å². The molecule has 1 aliphatic heterocycles. The highest BCUT2D eigenvalue weighted by atomic mass is 35.5. The summed E-state index contributed by atoms with van der Waals surface area (Å²) < 4.78 is 19.1. The first kappa shape index (κ1) is 12.4. The van der Waals surface area contributed by atoms with Crippen molar-refractivity contribution >= 4 is 28.6 Å². The van der Waals surface area contributed by atoms with Crippen LogP contribution in [0.3, 0.4) is 0 Å². The fourth-order valence-electron chi connectivity index (χ4n) is 2.21. The number of aromatic amines is 1. The number of hydrogen-bond acceptors (Lipinski definition) is 3. The SMILES string of the molecule is O=C(O)C1CCC(c2nc3c(F)c(Cl)ccc3[nH]2)O1. The molecule has 1 fully saturated rings. The van der Waals surface area contributed by atoms with Crippen molar-refractivity contribution in [2.45, 2.75) is 25.0 Å². The summed E-state index contributed by atoms with van der Waals surface area (Å²) in [5, 5.41) is 8.87. The van der Waals surface area contributed by atoms with Crippen LogP contribution in [0.1, 0.15) is 24.8 Å². The lowest BCUT2D eigenvalue weighted by Gasteiger charge is -2.07. The first-order valence-electron chi connectivity index (χ1n) is 5.78. The number of ether oxygens (including phenoxy) is 1. The molecule has 2 atom stereocenters. The summed E-state index contributed by atoms with van der Waals surface area (Å²) in [7, 11) is 0. The van der Waals surface area contributed by atoms with Gasteiger partial charge in [-0.25, -0.2) is 14.2 Å². The topological polar surface area (TPSA) is 75.2 Å². The molecule has 2 unspecified atom stereocenters. The quantitative estimate of drug-likeness (QED) is 0.889. The Morgan fingerprint density at radius 2 is 2.32 bits per heavy atom. The van der Waals surface area contributed by atoms with Gasteiger partial charge in [-0.3, -0.25) is 0 Å². The van der Waals surface area contributed by atoms with Gasteiger partial charge in [0, 0.05) is 0 Å². The smallest absolute Gasteiger partial charge is 0.332 e. The molecule has 5 nitrogen and oxygen atoms in total. The summed E-state index contributed by atoms with van der Waals surface area (Å²) in [5.74, 6) is -1.15. The Morgan fingerprint density at radius 3 is 3.00 bits per heavy atom. The van der Waals surface area contributed by atoms with Gasteiger partial charge < -0.3 is 14.8 Å². The number of aromatic nitrogens is 2. The van der Waals surface area contributed by atoms with Crippen LogP contribution >= 0.6 is 11.6 Å². The van der Waals surface area contributed by atoms with Crippen LogP contribution in [0, 0.1) is 5.82 Å². The second-order valence-electron chi connectivity index (χ2n) is 4.41. The number of nitrogens with one attached hydrogen (secondary N) is 1. The Morgan fingerprint density at radius 1 is 1.53 bits per heavy atom. The molecular weight excluding hydrogens is 275 g/mol. The lowest BCUT2D eigenvalue weighted by atomic mass is 10.2. The monoisotopic (exact) mass is 284 g/mol. The molecule has 19 heavy (non-hydrogen) atoms. The number of nitrogens with zero attached hydrogens (tertiary/aromatic N) is 1. The van der Waals surface area contributed by atoms with Crippen molar-refractivity contribution in [1.82, 2.24) is 9.97 Å². The highest BCUT2D eigenvalue weighted by Gasteiger charge is 2.33. The van der Waals surface area contributed by atoms with E-state index in [0.29, 0.717) is 24.2 Å². The molecule has 1 aromatic carbocycles. The molecule has 100 valence electrons. The van der Waals surface area contributed by atoms with Crippen LogP contribution in [0.4, 0.5) is 4.39 Å². The van der Waals surface area contributed by atoms with Crippen molar-refractivity contribution in [2.75, 3.05) is 0 Å². The number of aliphatic carboxylic acids is 1. The molecule has 2 heterocycles. The minimum absolute atomic E-state index is 0.00121. The van der Waals surface area contributed by atoms with Gasteiger partial charge >= 0.3 is 5.97 Å². The number of carboxylic acids is 1. The normalized spacial score (nSPS) is 23.1. The Bertz CT molecular complexity index is 658. The number of hydrogen-bond donors (Lipinski definition) is 2. The van der Waals surface area contributed by atoms with Crippen LogP contribution in [-0.2, 0) is 9.53 Å². The average Bonchev–Trinajstić information content (AvgIpc) is 2.99. The van der Waals surface area contributed by atoms with E-state index in [2.05, 4.69) is 9.97 Å². The third-order valence-corrected chi connectivity index (χ3v) is 3.46. The molecule has 1 aliphatic rings. The number of H-pyrrole nitrogens is 1. The molecule has 0 radical (unpaired) electrons. The van der Waals surface area contributed by atoms with Crippen molar-refractivity contribution in [2.24, 2.45) is 0 Å². The lowest BCUT2D eigenvalue weighted by molar-refractivity contribution is -0.149. The summed E-state index contributed by atoms with van der Waals surface area (Å²) in [5.41, 5.74) is 0.657. The molecular formula is C12H10ClFN2O3. The number of benzene rings is 1.